The van der Waals surface area contributed by atoms with E-state index in [4.69, 9.17) is 4.42 Å². The highest BCUT2D eigenvalue weighted by molar-refractivity contribution is 7.99. The predicted molar refractivity (Wildman–Crippen MR) is 111 cm³/mol. The number of non-ortho nitro benzene ring substituents is 1. The monoisotopic (exact) mass is 405 g/mol. The van der Waals surface area contributed by atoms with Crippen molar-refractivity contribution in [2.45, 2.75) is 10.1 Å². The second-order valence-electron chi connectivity index (χ2n) is 6.31. The summed E-state index contributed by atoms with van der Waals surface area (Å²) in [6.07, 6.45) is 0. The van der Waals surface area contributed by atoms with Crippen LogP contribution in [0.2, 0.25) is 0 Å². The number of fused-ring (bicyclic) bond motifs is 1. The number of hydrogen-bond acceptors (Lipinski definition) is 6. The Bertz CT molecular complexity index is 1250. The minimum atomic E-state index is -0.696. The Morgan fingerprint density at radius 3 is 2.45 bits per heavy atom. The van der Waals surface area contributed by atoms with Crippen LogP contribution in [0.5, 0.6) is 5.75 Å². The fraction of sp³-hybridized carbons (Fsp3) is 0.0455. The zero-order valence-corrected chi connectivity index (χ0v) is 15.8. The Kier molecular flexibility index (Phi) is 5.05. The van der Waals surface area contributed by atoms with Gasteiger partial charge in [-0.15, -0.1) is 11.8 Å². The molecule has 0 saturated heterocycles. The van der Waals surface area contributed by atoms with Gasteiger partial charge in [0.25, 0.3) is 5.69 Å². The van der Waals surface area contributed by atoms with Crippen molar-refractivity contribution in [1.82, 2.24) is 0 Å². The van der Waals surface area contributed by atoms with Gasteiger partial charge >= 0.3 is 5.63 Å². The summed E-state index contributed by atoms with van der Waals surface area (Å²) in [5, 5.41) is 21.9. The van der Waals surface area contributed by atoms with Gasteiger partial charge in [0.2, 0.25) is 0 Å². The van der Waals surface area contributed by atoms with Gasteiger partial charge in [-0.2, -0.15) is 0 Å². The first kappa shape index (κ1) is 18.8. The van der Waals surface area contributed by atoms with Crippen molar-refractivity contribution in [3.63, 3.8) is 0 Å². The second-order valence-corrected chi connectivity index (χ2v) is 7.49. The van der Waals surface area contributed by atoms with E-state index in [9.17, 15) is 20.0 Å². The molecular formula is C22H15NO5S. The molecule has 6 nitrogen and oxygen atoms in total. The van der Waals surface area contributed by atoms with Crippen LogP contribution < -0.4 is 5.63 Å². The molecule has 1 heterocycles. The summed E-state index contributed by atoms with van der Waals surface area (Å²) in [4.78, 5) is 24.4. The molecule has 7 heteroatoms. The molecule has 0 aliphatic carbocycles. The molecule has 1 unspecified atom stereocenters. The second kappa shape index (κ2) is 7.81. The van der Waals surface area contributed by atoms with E-state index in [2.05, 4.69) is 0 Å². The Balaban J connectivity index is 1.94. The van der Waals surface area contributed by atoms with Gasteiger partial charge in [-0.05, 0) is 29.8 Å². The lowest BCUT2D eigenvalue weighted by atomic mass is 10.0. The van der Waals surface area contributed by atoms with E-state index in [1.165, 1.54) is 23.9 Å². The van der Waals surface area contributed by atoms with Crippen LogP contribution in [0.15, 0.2) is 93.0 Å². The first-order chi connectivity index (χ1) is 14.0. The standard InChI is InChI=1S/C22H15NO5S/c24-20-17-11-4-5-12-18(17)28-22(25)19(20)21(29-16-9-2-1-3-10-16)14-7-6-8-15(13-14)23(26)27/h1-13,21,24H. The number of aromatic hydroxyl groups is 1. The predicted octanol–water partition coefficient (Wildman–Crippen LogP) is 5.29. The van der Waals surface area contributed by atoms with Gasteiger partial charge in [-0.25, -0.2) is 4.79 Å². The lowest BCUT2D eigenvalue weighted by Gasteiger charge is -2.18. The number of thioether (sulfide) groups is 1. The van der Waals surface area contributed by atoms with Crippen LogP contribution >= 0.6 is 11.8 Å². The molecule has 0 aliphatic heterocycles. The quantitative estimate of drug-likeness (QED) is 0.210. The molecule has 0 aliphatic rings. The normalized spacial score (nSPS) is 12.0. The average molecular weight is 405 g/mol. The molecule has 0 radical (unpaired) electrons. The Morgan fingerprint density at radius 2 is 1.69 bits per heavy atom. The molecule has 0 saturated carbocycles. The van der Waals surface area contributed by atoms with Crippen molar-refractivity contribution in [2.75, 3.05) is 0 Å². The van der Waals surface area contributed by atoms with Crippen LogP contribution in [-0.4, -0.2) is 10.0 Å². The number of nitro benzene ring substituents is 1. The molecule has 0 fully saturated rings. The van der Waals surface area contributed by atoms with Crippen LogP contribution in [-0.2, 0) is 0 Å². The van der Waals surface area contributed by atoms with Gasteiger partial charge in [0.15, 0.2) is 0 Å². The van der Waals surface area contributed by atoms with Crippen molar-refractivity contribution in [1.29, 1.82) is 0 Å². The van der Waals surface area contributed by atoms with E-state index in [0.29, 0.717) is 10.9 Å². The van der Waals surface area contributed by atoms with Crippen LogP contribution in [0, 0.1) is 10.1 Å². The number of rotatable bonds is 5. The summed E-state index contributed by atoms with van der Waals surface area (Å²) < 4.78 is 5.43. The molecule has 3 aromatic carbocycles. The lowest BCUT2D eigenvalue weighted by Crippen LogP contribution is -2.12. The number of hydrogen-bond donors (Lipinski definition) is 1. The van der Waals surface area contributed by atoms with E-state index in [1.54, 1.807) is 36.4 Å². The minimum absolute atomic E-state index is 0.0538. The van der Waals surface area contributed by atoms with Gasteiger partial charge in [0, 0.05) is 17.0 Å². The highest BCUT2D eigenvalue weighted by Crippen LogP contribution is 2.44. The molecule has 29 heavy (non-hydrogen) atoms. The van der Waals surface area contributed by atoms with Crippen LogP contribution in [0.4, 0.5) is 5.69 Å². The highest BCUT2D eigenvalue weighted by Gasteiger charge is 2.27. The zero-order valence-electron chi connectivity index (χ0n) is 15.0. The Labute approximate surface area is 169 Å². The van der Waals surface area contributed by atoms with Crippen molar-refractivity contribution >= 4 is 28.4 Å². The van der Waals surface area contributed by atoms with Gasteiger partial charge < -0.3 is 9.52 Å². The van der Waals surface area contributed by atoms with E-state index in [1.807, 2.05) is 30.3 Å². The van der Waals surface area contributed by atoms with Crippen LogP contribution in [0.1, 0.15) is 16.4 Å². The van der Waals surface area contributed by atoms with Gasteiger partial charge in [-0.3, -0.25) is 10.1 Å². The lowest BCUT2D eigenvalue weighted by molar-refractivity contribution is -0.384. The SMILES string of the molecule is O=c1oc2ccccc2c(O)c1C(Sc1ccccc1)c1cccc([N+](=O)[O-])c1. The number of nitrogens with zero attached hydrogens (tertiary/aromatic N) is 1. The van der Waals surface area contributed by atoms with Crippen molar-refractivity contribution in [3.05, 3.63) is 111 Å². The van der Waals surface area contributed by atoms with Gasteiger partial charge in [0.05, 0.1) is 21.1 Å². The highest BCUT2D eigenvalue weighted by atomic mass is 32.2. The molecule has 1 aromatic heterocycles. The summed E-state index contributed by atoms with van der Waals surface area (Å²) in [5.74, 6) is -0.184. The molecule has 4 rings (SSSR count). The molecule has 4 aromatic rings. The first-order valence-electron chi connectivity index (χ1n) is 8.75. The van der Waals surface area contributed by atoms with E-state index in [0.717, 1.165) is 4.90 Å². The van der Waals surface area contributed by atoms with Crippen molar-refractivity contribution in [2.24, 2.45) is 0 Å². The largest absolute Gasteiger partial charge is 0.507 e. The maximum atomic E-state index is 12.8. The molecule has 1 atom stereocenters. The van der Waals surface area contributed by atoms with E-state index in [-0.39, 0.29) is 22.6 Å². The minimum Gasteiger partial charge on any atom is -0.507 e. The molecule has 0 amide bonds. The zero-order chi connectivity index (χ0) is 20.4. The van der Waals surface area contributed by atoms with E-state index >= 15 is 0 Å². The first-order valence-corrected chi connectivity index (χ1v) is 9.63. The maximum absolute atomic E-state index is 12.8. The van der Waals surface area contributed by atoms with Crippen LogP contribution in [0.3, 0.4) is 0 Å². The fourth-order valence-corrected chi connectivity index (χ4v) is 4.30. The number of nitro groups is 1. The van der Waals surface area contributed by atoms with Gasteiger partial charge in [-0.1, -0.05) is 42.5 Å². The van der Waals surface area contributed by atoms with Gasteiger partial charge in [0.1, 0.15) is 11.3 Å². The molecule has 1 N–H and O–H groups in total. The molecule has 144 valence electrons. The fourth-order valence-electron chi connectivity index (χ4n) is 3.11. The smallest absolute Gasteiger partial charge is 0.344 e. The Morgan fingerprint density at radius 1 is 0.966 bits per heavy atom. The third-order valence-corrected chi connectivity index (χ3v) is 5.75. The summed E-state index contributed by atoms with van der Waals surface area (Å²) in [5.41, 5.74) is 0.0807. The van der Waals surface area contributed by atoms with E-state index < -0.39 is 15.8 Å². The number of para-hydroxylation sites is 1. The summed E-state index contributed by atoms with van der Waals surface area (Å²) >= 11 is 1.31. The summed E-state index contributed by atoms with van der Waals surface area (Å²) in [6.45, 7) is 0. The average Bonchev–Trinajstić information content (AvgIpc) is 2.74. The van der Waals surface area contributed by atoms with Crippen molar-refractivity contribution in [3.8, 4) is 5.75 Å². The summed E-state index contributed by atoms with van der Waals surface area (Å²) in [6, 6.07) is 22.1. The number of benzene rings is 3. The Hall–Kier alpha value is -3.58. The van der Waals surface area contributed by atoms with Crippen LogP contribution in [0.25, 0.3) is 11.0 Å². The summed E-state index contributed by atoms with van der Waals surface area (Å²) in [7, 11) is 0. The molecular weight excluding hydrogens is 390 g/mol. The third kappa shape index (κ3) is 3.72. The topological polar surface area (TPSA) is 93.6 Å². The third-order valence-electron chi connectivity index (χ3n) is 4.46. The molecule has 0 spiro atoms. The maximum Gasteiger partial charge on any atom is 0.344 e. The molecule has 0 bridgehead atoms. The van der Waals surface area contributed by atoms with Crippen molar-refractivity contribution < 1.29 is 14.4 Å².